The van der Waals surface area contributed by atoms with Gasteiger partial charge in [-0.05, 0) is 32.0 Å². The van der Waals surface area contributed by atoms with Crippen molar-refractivity contribution < 1.29 is 9.34 Å². The van der Waals surface area contributed by atoms with Crippen molar-refractivity contribution in [2.24, 2.45) is 4.99 Å². The Bertz CT molecular complexity index is 894. The Morgan fingerprint density at radius 2 is 2.08 bits per heavy atom. The monoisotopic (exact) mass is 342 g/mol. The number of hydrogen-bond donors (Lipinski definition) is 1. The molecule has 1 aromatic carbocycles. The first-order chi connectivity index (χ1) is 11.5. The Morgan fingerprint density at radius 3 is 2.75 bits per heavy atom. The van der Waals surface area contributed by atoms with E-state index in [1.165, 1.54) is 18.3 Å². The zero-order valence-corrected chi connectivity index (χ0v) is 13.8. The Balaban J connectivity index is 1.86. The zero-order valence-electron chi connectivity index (χ0n) is 13.0. The van der Waals surface area contributed by atoms with E-state index < -0.39 is 4.92 Å². The third-order valence-electron chi connectivity index (χ3n) is 3.26. The van der Waals surface area contributed by atoms with Crippen molar-refractivity contribution in [2.75, 3.05) is 0 Å². The molecule has 0 amide bonds. The van der Waals surface area contributed by atoms with Crippen LogP contribution in [0.4, 0.5) is 11.6 Å². The Labute approximate surface area is 142 Å². The molecule has 0 spiro atoms. The van der Waals surface area contributed by atoms with Crippen LogP contribution in [-0.2, 0) is 0 Å². The van der Waals surface area contributed by atoms with E-state index in [4.69, 9.17) is 4.42 Å². The second-order valence-corrected chi connectivity index (χ2v) is 6.08. The van der Waals surface area contributed by atoms with Crippen LogP contribution in [0.2, 0.25) is 0 Å². The van der Waals surface area contributed by atoms with Crippen LogP contribution in [0.3, 0.4) is 0 Å². The largest absolute Gasteiger partial charge is 0.433 e. The molecule has 0 fully saturated rings. The van der Waals surface area contributed by atoms with Gasteiger partial charge in [0.15, 0.2) is 5.76 Å². The molecule has 122 valence electrons. The number of hydrogen-bond acceptors (Lipinski definition) is 6. The van der Waals surface area contributed by atoms with Crippen LogP contribution < -0.4 is 0 Å². The Hall–Kier alpha value is -2.87. The van der Waals surface area contributed by atoms with Crippen LogP contribution in [0.15, 0.2) is 55.6 Å². The molecule has 0 saturated heterocycles. The maximum atomic E-state index is 10.6. The van der Waals surface area contributed by atoms with E-state index in [-0.39, 0.29) is 5.88 Å². The molecule has 0 aliphatic heterocycles. The van der Waals surface area contributed by atoms with Crippen molar-refractivity contribution in [1.82, 2.24) is 10.2 Å². The van der Waals surface area contributed by atoms with Gasteiger partial charge >= 0.3 is 5.88 Å². The molecule has 3 aromatic rings. The number of aromatic nitrogens is 2. The van der Waals surface area contributed by atoms with Crippen LogP contribution in [0.25, 0.3) is 0 Å². The van der Waals surface area contributed by atoms with Crippen LogP contribution in [0, 0.1) is 24.0 Å². The predicted octanol–water partition coefficient (Wildman–Crippen LogP) is 4.43. The molecule has 8 heteroatoms. The highest BCUT2D eigenvalue weighted by Gasteiger charge is 2.12. The minimum Gasteiger partial charge on any atom is -0.400 e. The molecule has 1 N–H and O–H groups in total. The lowest BCUT2D eigenvalue weighted by Gasteiger charge is -2.05. The minimum absolute atomic E-state index is 0.302. The highest BCUT2D eigenvalue weighted by atomic mass is 32.2. The molecular formula is C16H14N4O3S. The predicted molar refractivity (Wildman–Crippen MR) is 91.2 cm³/mol. The molecule has 0 aliphatic rings. The second-order valence-electron chi connectivity index (χ2n) is 5.02. The SMILES string of the molecule is Cc1n[nH]c(C)c1Sc1ccccc1N=Cc1ccc([N+](=O)[O-])o1. The van der Waals surface area contributed by atoms with E-state index in [1.54, 1.807) is 11.8 Å². The number of rotatable bonds is 5. The maximum Gasteiger partial charge on any atom is 0.433 e. The topological polar surface area (TPSA) is 97.3 Å². The van der Waals surface area contributed by atoms with Gasteiger partial charge in [-0.1, -0.05) is 23.9 Å². The molecule has 24 heavy (non-hydrogen) atoms. The Morgan fingerprint density at radius 1 is 1.29 bits per heavy atom. The number of aryl methyl sites for hydroxylation is 2. The average Bonchev–Trinajstić information content (AvgIpc) is 3.16. The van der Waals surface area contributed by atoms with Gasteiger partial charge in [0.2, 0.25) is 0 Å². The van der Waals surface area contributed by atoms with Crippen molar-refractivity contribution in [1.29, 1.82) is 0 Å². The lowest BCUT2D eigenvalue weighted by atomic mass is 10.3. The van der Waals surface area contributed by atoms with Gasteiger partial charge in [0.1, 0.15) is 4.92 Å². The van der Waals surface area contributed by atoms with Gasteiger partial charge in [-0.2, -0.15) is 5.10 Å². The number of benzene rings is 1. The fourth-order valence-corrected chi connectivity index (χ4v) is 3.08. The highest BCUT2D eigenvalue weighted by Crippen LogP contribution is 2.37. The molecule has 7 nitrogen and oxygen atoms in total. The lowest BCUT2D eigenvalue weighted by Crippen LogP contribution is -1.83. The number of H-pyrrole nitrogens is 1. The van der Waals surface area contributed by atoms with Crippen molar-refractivity contribution in [3.8, 4) is 0 Å². The number of aromatic amines is 1. The van der Waals surface area contributed by atoms with E-state index in [0.29, 0.717) is 5.76 Å². The number of nitro groups is 1. The zero-order chi connectivity index (χ0) is 17.1. The molecule has 0 unspecified atom stereocenters. The van der Waals surface area contributed by atoms with E-state index in [0.717, 1.165) is 26.9 Å². The molecular weight excluding hydrogens is 328 g/mol. The normalized spacial score (nSPS) is 11.2. The van der Waals surface area contributed by atoms with Crippen LogP contribution in [0.1, 0.15) is 17.1 Å². The molecule has 0 atom stereocenters. The van der Waals surface area contributed by atoms with Crippen LogP contribution >= 0.6 is 11.8 Å². The molecule has 2 heterocycles. The lowest BCUT2D eigenvalue weighted by molar-refractivity contribution is -0.402. The van der Waals surface area contributed by atoms with Gasteiger partial charge in [-0.15, -0.1) is 0 Å². The quantitative estimate of drug-likeness (QED) is 0.420. The number of nitrogens with zero attached hydrogens (tertiary/aromatic N) is 3. The molecule has 0 aliphatic carbocycles. The van der Waals surface area contributed by atoms with Crippen LogP contribution in [0.5, 0.6) is 0 Å². The maximum absolute atomic E-state index is 10.6. The molecule has 0 bridgehead atoms. The summed E-state index contributed by atoms with van der Waals surface area (Å²) in [6.45, 7) is 3.91. The van der Waals surface area contributed by atoms with E-state index in [1.807, 2.05) is 38.1 Å². The van der Waals surface area contributed by atoms with Gasteiger partial charge in [0.25, 0.3) is 0 Å². The molecule has 3 rings (SSSR count). The van der Waals surface area contributed by atoms with Gasteiger partial charge in [0, 0.05) is 10.6 Å². The number of nitrogens with one attached hydrogen (secondary N) is 1. The Kier molecular flexibility index (Phi) is 4.48. The fourth-order valence-electron chi connectivity index (χ4n) is 2.09. The van der Waals surface area contributed by atoms with Crippen LogP contribution in [-0.4, -0.2) is 21.3 Å². The van der Waals surface area contributed by atoms with Crippen molar-refractivity contribution >= 4 is 29.5 Å². The van der Waals surface area contributed by atoms with E-state index in [9.17, 15) is 10.1 Å². The smallest absolute Gasteiger partial charge is 0.400 e. The molecule has 0 radical (unpaired) electrons. The number of furan rings is 1. The summed E-state index contributed by atoms with van der Waals surface area (Å²) in [5.74, 6) is 0.0286. The molecule has 2 aromatic heterocycles. The highest BCUT2D eigenvalue weighted by molar-refractivity contribution is 7.99. The van der Waals surface area contributed by atoms with Crippen molar-refractivity contribution in [3.63, 3.8) is 0 Å². The summed E-state index contributed by atoms with van der Waals surface area (Å²) in [6, 6.07) is 10.5. The molecule has 0 saturated carbocycles. The summed E-state index contributed by atoms with van der Waals surface area (Å²) >= 11 is 1.57. The van der Waals surface area contributed by atoms with Gasteiger partial charge < -0.3 is 4.42 Å². The standard InChI is InChI=1S/C16H14N4O3S/c1-10-16(11(2)19-18-10)24-14-6-4-3-5-13(14)17-9-12-7-8-15(23-12)20(21)22/h3-9H,1-2H3,(H,18,19). The summed E-state index contributed by atoms with van der Waals surface area (Å²) in [5.41, 5.74) is 2.68. The minimum atomic E-state index is -0.578. The van der Waals surface area contributed by atoms with Crippen molar-refractivity contribution in [2.45, 2.75) is 23.6 Å². The second kappa shape index (κ2) is 6.71. The van der Waals surface area contributed by atoms with E-state index >= 15 is 0 Å². The van der Waals surface area contributed by atoms with Gasteiger partial charge in [-0.25, -0.2) is 0 Å². The third-order valence-corrected chi connectivity index (χ3v) is 4.63. The first-order valence-electron chi connectivity index (χ1n) is 7.11. The summed E-state index contributed by atoms with van der Waals surface area (Å²) < 4.78 is 5.08. The van der Waals surface area contributed by atoms with Crippen molar-refractivity contribution in [3.05, 3.63) is 63.7 Å². The van der Waals surface area contributed by atoms with E-state index in [2.05, 4.69) is 15.2 Å². The summed E-state index contributed by atoms with van der Waals surface area (Å²) in [7, 11) is 0. The summed E-state index contributed by atoms with van der Waals surface area (Å²) in [6.07, 6.45) is 1.47. The number of aliphatic imine (C=N–C) groups is 1. The van der Waals surface area contributed by atoms with Gasteiger partial charge in [0.05, 0.1) is 28.6 Å². The average molecular weight is 342 g/mol. The van der Waals surface area contributed by atoms with Gasteiger partial charge in [-0.3, -0.25) is 20.2 Å². The summed E-state index contributed by atoms with van der Waals surface area (Å²) in [4.78, 5) is 16.5. The summed E-state index contributed by atoms with van der Waals surface area (Å²) in [5, 5.41) is 17.8. The third kappa shape index (κ3) is 3.38. The fraction of sp³-hybridized carbons (Fsp3) is 0.125. The number of para-hydroxylation sites is 1. The first kappa shape index (κ1) is 16.0. The first-order valence-corrected chi connectivity index (χ1v) is 7.93.